The second-order valence-corrected chi connectivity index (χ2v) is 8.79. The lowest BCUT2D eigenvalue weighted by atomic mass is 10.2. The van der Waals surface area contributed by atoms with E-state index in [1.54, 1.807) is 6.07 Å². The molecule has 4 nitrogen and oxygen atoms in total. The lowest BCUT2D eigenvalue weighted by Gasteiger charge is -2.03. The fourth-order valence-corrected chi connectivity index (χ4v) is 5.02. The highest BCUT2D eigenvalue weighted by atomic mass is 32.2. The number of nitrogens with one attached hydrogen (secondary N) is 2. The molecular weight excluding hydrogens is 292 g/mol. The third kappa shape index (κ3) is 3.61. The molecule has 2 fully saturated rings. The van der Waals surface area contributed by atoms with Crippen LogP contribution in [0.25, 0.3) is 0 Å². The van der Waals surface area contributed by atoms with Gasteiger partial charge in [-0.05, 0) is 48.6 Å². The Kier molecular flexibility index (Phi) is 4.17. The first-order valence-corrected chi connectivity index (χ1v) is 9.78. The lowest BCUT2D eigenvalue weighted by Crippen LogP contribution is -2.26. The number of thiophene rings is 1. The zero-order chi connectivity index (χ0) is 14.2. The van der Waals surface area contributed by atoms with Crippen LogP contribution in [0.15, 0.2) is 15.7 Å². The van der Waals surface area contributed by atoms with Crippen LogP contribution >= 0.6 is 11.3 Å². The van der Waals surface area contributed by atoms with Gasteiger partial charge in [-0.15, -0.1) is 11.3 Å². The van der Waals surface area contributed by atoms with Crippen molar-refractivity contribution in [1.29, 1.82) is 0 Å². The van der Waals surface area contributed by atoms with Gasteiger partial charge >= 0.3 is 0 Å². The summed E-state index contributed by atoms with van der Waals surface area (Å²) in [6, 6.07) is 2.61. The molecule has 0 aromatic carbocycles. The third-order valence-electron chi connectivity index (χ3n) is 3.96. The zero-order valence-corrected chi connectivity index (χ0v) is 13.4. The first kappa shape index (κ1) is 14.5. The molecule has 1 aromatic heterocycles. The van der Waals surface area contributed by atoms with Crippen LogP contribution < -0.4 is 10.0 Å². The quantitative estimate of drug-likeness (QED) is 0.775. The van der Waals surface area contributed by atoms with E-state index in [0.717, 1.165) is 31.4 Å². The van der Waals surface area contributed by atoms with Crippen molar-refractivity contribution in [3.8, 4) is 0 Å². The standard InChI is InChI=1S/C14H22N2O2S2/c1-2-3-11-7-13(11)16-20(17,18)14-6-10(9-19-14)8-15-12-4-5-12/h6,9,11-13,15-16H,2-5,7-8H2,1H3. The average molecular weight is 314 g/mol. The van der Waals surface area contributed by atoms with E-state index in [0.29, 0.717) is 16.2 Å². The summed E-state index contributed by atoms with van der Waals surface area (Å²) in [6.45, 7) is 2.92. The van der Waals surface area contributed by atoms with Crippen molar-refractivity contribution in [3.05, 3.63) is 17.0 Å². The molecule has 0 radical (unpaired) electrons. The minimum atomic E-state index is -3.31. The van der Waals surface area contributed by atoms with Crippen molar-refractivity contribution in [2.24, 2.45) is 5.92 Å². The van der Waals surface area contributed by atoms with Gasteiger partial charge in [-0.1, -0.05) is 13.3 Å². The average Bonchev–Trinajstić information content (AvgIpc) is 3.29. The number of hydrogen-bond acceptors (Lipinski definition) is 4. The Hall–Kier alpha value is -0.430. The van der Waals surface area contributed by atoms with Crippen molar-refractivity contribution in [2.45, 2.75) is 61.9 Å². The molecule has 6 heteroatoms. The number of rotatable bonds is 8. The van der Waals surface area contributed by atoms with Crippen LogP contribution in [0.3, 0.4) is 0 Å². The van der Waals surface area contributed by atoms with Crippen LogP contribution in [0.4, 0.5) is 0 Å². The fourth-order valence-electron chi connectivity index (χ4n) is 2.48. The van der Waals surface area contributed by atoms with E-state index in [2.05, 4.69) is 17.0 Å². The maximum absolute atomic E-state index is 12.3. The predicted molar refractivity (Wildman–Crippen MR) is 81.3 cm³/mol. The third-order valence-corrected chi connectivity index (χ3v) is 6.93. The van der Waals surface area contributed by atoms with Crippen LogP contribution in [0.1, 0.15) is 44.6 Å². The molecule has 2 atom stereocenters. The highest BCUT2D eigenvalue weighted by Gasteiger charge is 2.39. The summed E-state index contributed by atoms with van der Waals surface area (Å²) in [5.41, 5.74) is 1.07. The molecule has 1 aromatic rings. The smallest absolute Gasteiger partial charge is 0.250 e. The Balaban J connectivity index is 1.56. The van der Waals surface area contributed by atoms with E-state index in [9.17, 15) is 8.42 Å². The van der Waals surface area contributed by atoms with Gasteiger partial charge < -0.3 is 5.32 Å². The van der Waals surface area contributed by atoms with Gasteiger partial charge in [0.05, 0.1) is 0 Å². The van der Waals surface area contributed by atoms with Crippen molar-refractivity contribution in [1.82, 2.24) is 10.0 Å². The van der Waals surface area contributed by atoms with Gasteiger partial charge in [0.25, 0.3) is 0 Å². The molecule has 0 aliphatic heterocycles. The minimum absolute atomic E-state index is 0.162. The van der Waals surface area contributed by atoms with Crippen LogP contribution in [0.2, 0.25) is 0 Å². The van der Waals surface area contributed by atoms with Crippen molar-refractivity contribution in [2.75, 3.05) is 0 Å². The molecule has 0 bridgehead atoms. The van der Waals surface area contributed by atoms with E-state index in [1.165, 1.54) is 24.2 Å². The minimum Gasteiger partial charge on any atom is -0.310 e. The summed E-state index contributed by atoms with van der Waals surface area (Å²) in [4.78, 5) is 0. The zero-order valence-electron chi connectivity index (χ0n) is 11.8. The van der Waals surface area contributed by atoms with Crippen molar-refractivity contribution >= 4 is 21.4 Å². The van der Waals surface area contributed by atoms with Gasteiger partial charge in [0.2, 0.25) is 10.0 Å². The monoisotopic (exact) mass is 314 g/mol. The van der Waals surface area contributed by atoms with Crippen molar-refractivity contribution < 1.29 is 8.42 Å². The SMILES string of the molecule is CCCC1CC1NS(=O)(=O)c1cc(CNC2CC2)cs1. The van der Waals surface area contributed by atoms with Gasteiger partial charge in [-0.25, -0.2) is 13.1 Å². The number of sulfonamides is 1. The molecule has 0 saturated heterocycles. The highest BCUT2D eigenvalue weighted by Crippen LogP contribution is 2.36. The maximum Gasteiger partial charge on any atom is 0.250 e. The molecule has 3 rings (SSSR count). The van der Waals surface area contributed by atoms with Crippen LogP contribution in [-0.2, 0) is 16.6 Å². The molecule has 0 amide bonds. The van der Waals surface area contributed by atoms with Gasteiger partial charge in [-0.2, -0.15) is 0 Å². The predicted octanol–water partition coefficient (Wildman–Crippen LogP) is 2.47. The molecule has 1 heterocycles. The molecule has 2 aliphatic carbocycles. The van der Waals surface area contributed by atoms with Gasteiger partial charge in [-0.3, -0.25) is 0 Å². The number of hydrogen-bond donors (Lipinski definition) is 2. The highest BCUT2D eigenvalue weighted by molar-refractivity contribution is 7.91. The largest absolute Gasteiger partial charge is 0.310 e. The van der Waals surface area contributed by atoms with Crippen LogP contribution in [-0.4, -0.2) is 20.5 Å². The summed E-state index contributed by atoms with van der Waals surface area (Å²) >= 11 is 1.32. The first-order valence-electron chi connectivity index (χ1n) is 7.41. The Labute approximate surface area is 125 Å². The summed E-state index contributed by atoms with van der Waals surface area (Å²) in [5.74, 6) is 0.547. The molecule has 2 N–H and O–H groups in total. The van der Waals surface area contributed by atoms with Crippen LogP contribution in [0, 0.1) is 5.92 Å². The Bertz CT molecular complexity index is 563. The second kappa shape index (κ2) is 5.75. The molecule has 0 spiro atoms. The summed E-state index contributed by atoms with van der Waals surface area (Å²) in [7, 11) is -3.31. The van der Waals surface area contributed by atoms with Gasteiger partial charge in [0.15, 0.2) is 0 Å². The maximum atomic E-state index is 12.3. The van der Waals surface area contributed by atoms with Gasteiger partial charge in [0.1, 0.15) is 4.21 Å². The molecule has 2 unspecified atom stereocenters. The molecule has 112 valence electrons. The molecule has 2 saturated carbocycles. The topological polar surface area (TPSA) is 58.2 Å². The molecule has 20 heavy (non-hydrogen) atoms. The van der Waals surface area contributed by atoms with Gasteiger partial charge in [0, 0.05) is 18.6 Å². The molecule has 2 aliphatic rings. The normalized spacial score (nSPS) is 25.9. The van der Waals surface area contributed by atoms with E-state index in [1.807, 2.05) is 5.38 Å². The first-order chi connectivity index (χ1) is 9.58. The van der Waals surface area contributed by atoms with E-state index < -0.39 is 10.0 Å². The Morgan fingerprint density at radius 2 is 2.20 bits per heavy atom. The summed E-state index contributed by atoms with van der Waals surface area (Å²) < 4.78 is 27.8. The van der Waals surface area contributed by atoms with Crippen molar-refractivity contribution in [3.63, 3.8) is 0 Å². The molecular formula is C14H22N2O2S2. The van der Waals surface area contributed by atoms with E-state index in [-0.39, 0.29) is 6.04 Å². The Morgan fingerprint density at radius 3 is 2.90 bits per heavy atom. The fraction of sp³-hybridized carbons (Fsp3) is 0.714. The van der Waals surface area contributed by atoms with Crippen LogP contribution in [0.5, 0.6) is 0 Å². The lowest BCUT2D eigenvalue weighted by molar-refractivity contribution is 0.575. The van der Waals surface area contributed by atoms with E-state index in [4.69, 9.17) is 0 Å². The Morgan fingerprint density at radius 1 is 1.40 bits per heavy atom. The summed E-state index contributed by atoms with van der Waals surface area (Å²) in [5, 5.41) is 5.35. The summed E-state index contributed by atoms with van der Waals surface area (Å²) in [6.07, 6.45) is 5.73. The van der Waals surface area contributed by atoms with E-state index >= 15 is 0 Å². The second-order valence-electron chi connectivity index (χ2n) is 5.94.